The number of guanidine groups is 1. The van der Waals surface area contributed by atoms with Crippen molar-refractivity contribution < 1.29 is 0 Å². The van der Waals surface area contributed by atoms with E-state index in [1.54, 1.807) is 4.68 Å². The van der Waals surface area contributed by atoms with Gasteiger partial charge in [0.05, 0.1) is 18.8 Å². The number of halogens is 1. The maximum absolute atomic E-state index is 4.66. The molecule has 5 nitrogen and oxygen atoms in total. The highest BCUT2D eigenvalue weighted by Crippen LogP contribution is 2.15. The summed E-state index contributed by atoms with van der Waals surface area (Å²) < 4.78 is 1.80. The number of benzene rings is 1. The molecule has 2 rings (SSSR count). The van der Waals surface area contributed by atoms with Crippen LogP contribution in [-0.4, -0.2) is 22.3 Å². The fourth-order valence-electron chi connectivity index (χ4n) is 2.75. The van der Waals surface area contributed by atoms with Gasteiger partial charge in [0.15, 0.2) is 5.96 Å². The molecular formula is C20H32IN5. The molecule has 1 aromatic carbocycles. The van der Waals surface area contributed by atoms with Crippen LogP contribution in [0.1, 0.15) is 50.4 Å². The van der Waals surface area contributed by atoms with Crippen LogP contribution in [-0.2, 0) is 20.0 Å². The molecule has 6 heteroatoms. The van der Waals surface area contributed by atoms with E-state index in [1.807, 2.05) is 19.4 Å². The highest BCUT2D eigenvalue weighted by molar-refractivity contribution is 14.0. The lowest BCUT2D eigenvalue weighted by Gasteiger charge is -2.18. The number of aromatic nitrogens is 2. The van der Waals surface area contributed by atoms with E-state index in [0.717, 1.165) is 24.5 Å². The summed E-state index contributed by atoms with van der Waals surface area (Å²) in [6, 6.07) is 9.07. The topological polar surface area (TPSA) is 54.2 Å². The van der Waals surface area contributed by atoms with Gasteiger partial charge in [-0.3, -0.25) is 4.68 Å². The second-order valence-corrected chi connectivity index (χ2v) is 6.92. The molecule has 1 aromatic heterocycles. The Morgan fingerprint density at radius 3 is 2.38 bits per heavy atom. The van der Waals surface area contributed by atoms with Crippen LogP contribution in [0.3, 0.4) is 0 Å². The van der Waals surface area contributed by atoms with Crippen molar-refractivity contribution in [2.75, 3.05) is 6.54 Å². The van der Waals surface area contributed by atoms with Crippen LogP contribution in [0.5, 0.6) is 0 Å². The predicted octanol–water partition coefficient (Wildman–Crippen LogP) is 4.05. The largest absolute Gasteiger partial charge is 0.357 e. The molecule has 1 atom stereocenters. The van der Waals surface area contributed by atoms with Crippen molar-refractivity contribution in [2.24, 2.45) is 18.0 Å². The summed E-state index contributed by atoms with van der Waals surface area (Å²) in [4.78, 5) is 4.66. The molecule has 0 fully saturated rings. The van der Waals surface area contributed by atoms with Gasteiger partial charge in [-0.05, 0) is 37.3 Å². The molecule has 0 amide bonds. The molecule has 0 aliphatic rings. The lowest BCUT2D eigenvalue weighted by molar-refractivity contribution is 0.645. The van der Waals surface area contributed by atoms with E-state index >= 15 is 0 Å². The molecule has 0 aliphatic heterocycles. The van der Waals surface area contributed by atoms with E-state index in [1.165, 1.54) is 11.1 Å². The minimum absolute atomic E-state index is 0. The SMILES string of the molecule is CCNC(=NCc1cnn(C)c1)NC(C)c1ccc(CC(C)C)cc1.I. The average molecular weight is 469 g/mol. The van der Waals surface area contributed by atoms with Gasteiger partial charge in [0.25, 0.3) is 0 Å². The first-order valence-corrected chi connectivity index (χ1v) is 9.09. The zero-order valence-electron chi connectivity index (χ0n) is 16.5. The van der Waals surface area contributed by atoms with E-state index in [4.69, 9.17) is 0 Å². The summed E-state index contributed by atoms with van der Waals surface area (Å²) in [5.41, 5.74) is 3.76. The fourth-order valence-corrected chi connectivity index (χ4v) is 2.75. The summed E-state index contributed by atoms with van der Waals surface area (Å²) in [5, 5.41) is 11.0. The molecule has 0 radical (unpaired) electrons. The summed E-state index contributed by atoms with van der Waals surface area (Å²) >= 11 is 0. The molecular weight excluding hydrogens is 437 g/mol. The maximum atomic E-state index is 4.66. The summed E-state index contributed by atoms with van der Waals surface area (Å²) in [7, 11) is 1.92. The van der Waals surface area contributed by atoms with Gasteiger partial charge < -0.3 is 10.6 Å². The fraction of sp³-hybridized carbons (Fsp3) is 0.500. The van der Waals surface area contributed by atoms with Crippen molar-refractivity contribution in [3.05, 3.63) is 53.3 Å². The molecule has 0 saturated heterocycles. The molecule has 1 heterocycles. The Morgan fingerprint density at radius 1 is 1.15 bits per heavy atom. The Labute approximate surface area is 174 Å². The minimum atomic E-state index is 0. The third kappa shape index (κ3) is 7.35. The van der Waals surface area contributed by atoms with E-state index in [9.17, 15) is 0 Å². The molecule has 0 saturated carbocycles. The van der Waals surface area contributed by atoms with Gasteiger partial charge in [0.2, 0.25) is 0 Å². The number of hydrogen-bond acceptors (Lipinski definition) is 2. The zero-order valence-corrected chi connectivity index (χ0v) is 18.8. The smallest absolute Gasteiger partial charge is 0.192 e. The third-order valence-electron chi connectivity index (χ3n) is 4.00. The van der Waals surface area contributed by atoms with Gasteiger partial charge >= 0.3 is 0 Å². The van der Waals surface area contributed by atoms with Crippen molar-refractivity contribution in [2.45, 2.75) is 46.7 Å². The first kappa shape index (κ1) is 22.5. The highest BCUT2D eigenvalue weighted by Gasteiger charge is 2.08. The second-order valence-electron chi connectivity index (χ2n) is 6.92. The molecule has 0 bridgehead atoms. The van der Waals surface area contributed by atoms with Crippen molar-refractivity contribution in [1.29, 1.82) is 0 Å². The molecule has 144 valence electrons. The van der Waals surface area contributed by atoms with Crippen molar-refractivity contribution in [1.82, 2.24) is 20.4 Å². The molecule has 26 heavy (non-hydrogen) atoms. The van der Waals surface area contributed by atoms with Gasteiger partial charge in [-0.25, -0.2) is 4.99 Å². The molecule has 2 N–H and O–H groups in total. The third-order valence-corrected chi connectivity index (χ3v) is 4.00. The number of aliphatic imine (C=N–C) groups is 1. The number of nitrogens with zero attached hydrogens (tertiary/aromatic N) is 3. The second kappa shape index (κ2) is 11.2. The van der Waals surface area contributed by atoms with Crippen LogP contribution in [0.25, 0.3) is 0 Å². The van der Waals surface area contributed by atoms with Gasteiger partial charge in [0.1, 0.15) is 0 Å². The minimum Gasteiger partial charge on any atom is -0.357 e. The number of nitrogens with one attached hydrogen (secondary N) is 2. The van der Waals surface area contributed by atoms with Crippen LogP contribution in [0, 0.1) is 5.92 Å². The average Bonchev–Trinajstić information content (AvgIpc) is 2.98. The van der Waals surface area contributed by atoms with Crippen molar-refractivity contribution in [3.8, 4) is 0 Å². The molecule has 0 spiro atoms. The lowest BCUT2D eigenvalue weighted by Crippen LogP contribution is -2.38. The van der Waals surface area contributed by atoms with Crippen LogP contribution < -0.4 is 10.6 Å². The van der Waals surface area contributed by atoms with Crippen LogP contribution in [0.2, 0.25) is 0 Å². The Balaban J connectivity index is 0.00000338. The monoisotopic (exact) mass is 469 g/mol. The first-order chi connectivity index (χ1) is 12.0. The lowest BCUT2D eigenvalue weighted by atomic mass is 10.00. The number of hydrogen-bond donors (Lipinski definition) is 2. The first-order valence-electron chi connectivity index (χ1n) is 9.09. The zero-order chi connectivity index (χ0) is 18.2. The van der Waals surface area contributed by atoms with E-state index in [2.05, 4.69) is 72.7 Å². The molecule has 2 aromatic rings. The summed E-state index contributed by atoms with van der Waals surface area (Å²) in [6.45, 7) is 10.2. The summed E-state index contributed by atoms with van der Waals surface area (Å²) in [6.07, 6.45) is 4.96. The Kier molecular flexibility index (Phi) is 9.69. The number of rotatable bonds is 7. The van der Waals surface area contributed by atoms with E-state index in [-0.39, 0.29) is 30.0 Å². The Morgan fingerprint density at radius 2 is 1.85 bits per heavy atom. The van der Waals surface area contributed by atoms with Gasteiger partial charge in [-0.1, -0.05) is 38.1 Å². The number of aryl methyl sites for hydroxylation is 1. The Bertz CT molecular complexity index is 676. The van der Waals surface area contributed by atoms with Gasteiger partial charge in [-0.15, -0.1) is 24.0 Å². The van der Waals surface area contributed by atoms with Crippen molar-refractivity contribution >= 4 is 29.9 Å². The highest BCUT2D eigenvalue weighted by atomic mass is 127. The predicted molar refractivity (Wildman–Crippen MR) is 120 cm³/mol. The van der Waals surface area contributed by atoms with Crippen molar-refractivity contribution in [3.63, 3.8) is 0 Å². The quantitative estimate of drug-likeness (QED) is 0.366. The standard InChI is InChI=1S/C20H31N5.HI/c1-6-21-20(22-12-18-13-23-25(5)14-18)24-16(4)19-9-7-17(8-10-19)11-15(2)3;/h7-10,13-16H,6,11-12H2,1-5H3,(H2,21,22,24);1H. The maximum Gasteiger partial charge on any atom is 0.192 e. The van der Waals surface area contributed by atoms with Gasteiger partial charge in [-0.2, -0.15) is 5.10 Å². The van der Waals surface area contributed by atoms with E-state index in [0.29, 0.717) is 12.5 Å². The molecule has 1 unspecified atom stereocenters. The van der Waals surface area contributed by atoms with E-state index < -0.39 is 0 Å². The normalized spacial score (nSPS) is 12.6. The molecule has 0 aliphatic carbocycles. The van der Waals surface area contributed by atoms with Gasteiger partial charge in [0, 0.05) is 25.4 Å². The van der Waals surface area contributed by atoms with Crippen LogP contribution >= 0.6 is 24.0 Å². The van der Waals surface area contributed by atoms with Crippen LogP contribution in [0.15, 0.2) is 41.7 Å². The Hall–Kier alpha value is -1.57. The van der Waals surface area contributed by atoms with Crippen LogP contribution in [0.4, 0.5) is 0 Å². The summed E-state index contributed by atoms with van der Waals surface area (Å²) in [5.74, 6) is 1.51.